The number of carbonyl (C=O) groups is 1. The van der Waals surface area contributed by atoms with Crippen LogP contribution in [0.2, 0.25) is 5.02 Å². The van der Waals surface area contributed by atoms with Gasteiger partial charge in [-0.3, -0.25) is 9.79 Å². The summed E-state index contributed by atoms with van der Waals surface area (Å²) in [7, 11) is 3.44. The lowest BCUT2D eigenvalue weighted by Gasteiger charge is -2.38. The second-order valence-electron chi connectivity index (χ2n) is 6.60. The Morgan fingerprint density at radius 3 is 2.31 bits per heavy atom. The van der Waals surface area contributed by atoms with Crippen LogP contribution >= 0.6 is 35.6 Å². The maximum absolute atomic E-state index is 11.6. The fourth-order valence-electron chi connectivity index (χ4n) is 3.30. The first-order valence-corrected chi connectivity index (χ1v) is 9.76. The number of para-hydroxylation sites is 1. The number of carbonyl (C=O) groups excluding carboxylic acids is 1. The van der Waals surface area contributed by atoms with Crippen LogP contribution in [0.15, 0.2) is 53.5 Å². The normalized spacial score (nSPS) is 14.2. The second kappa shape index (κ2) is 11.3. The van der Waals surface area contributed by atoms with Crippen LogP contribution in [0.3, 0.4) is 0 Å². The van der Waals surface area contributed by atoms with Crippen LogP contribution in [0.5, 0.6) is 0 Å². The fraction of sp³-hybridized carbons (Fsp3) is 0.333. The minimum Gasteiger partial charge on any atom is -0.367 e. The average molecular weight is 528 g/mol. The van der Waals surface area contributed by atoms with Gasteiger partial charge in [0.15, 0.2) is 5.96 Å². The minimum atomic E-state index is -0.0771. The van der Waals surface area contributed by atoms with Crippen molar-refractivity contribution in [3.63, 3.8) is 0 Å². The topological polar surface area (TPSA) is 60.0 Å². The molecule has 0 bridgehead atoms. The van der Waals surface area contributed by atoms with E-state index in [1.165, 1.54) is 0 Å². The number of anilines is 1. The summed E-state index contributed by atoms with van der Waals surface area (Å²) >= 11 is 6.32. The van der Waals surface area contributed by atoms with Crippen LogP contribution in [-0.2, 0) is 6.54 Å². The van der Waals surface area contributed by atoms with Crippen molar-refractivity contribution in [1.82, 2.24) is 15.5 Å². The van der Waals surface area contributed by atoms with Crippen LogP contribution in [0, 0.1) is 0 Å². The Labute approximate surface area is 194 Å². The number of hydrogen-bond donors (Lipinski definition) is 2. The van der Waals surface area contributed by atoms with E-state index in [2.05, 4.69) is 31.5 Å². The molecule has 1 aliphatic heterocycles. The highest BCUT2D eigenvalue weighted by Crippen LogP contribution is 2.26. The zero-order chi connectivity index (χ0) is 19.9. The molecule has 1 saturated heterocycles. The van der Waals surface area contributed by atoms with Gasteiger partial charge in [0.25, 0.3) is 5.91 Å². The number of aliphatic imine (C=N–C) groups is 1. The molecule has 8 heteroatoms. The Kier molecular flexibility index (Phi) is 9.03. The van der Waals surface area contributed by atoms with Crippen molar-refractivity contribution in [2.45, 2.75) is 6.54 Å². The molecule has 1 aliphatic rings. The van der Waals surface area contributed by atoms with E-state index in [0.717, 1.165) is 48.4 Å². The van der Waals surface area contributed by atoms with Crippen LogP contribution in [0.25, 0.3) is 0 Å². The molecule has 1 fully saturated rings. The predicted octanol–water partition coefficient (Wildman–Crippen LogP) is 3.22. The van der Waals surface area contributed by atoms with Gasteiger partial charge < -0.3 is 20.4 Å². The maximum atomic E-state index is 11.6. The van der Waals surface area contributed by atoms with Gasteiger partial charge in [-0.25, -0.2) is 0 Å². The molecule has 2 aromatic carbocycles. The highest BCUT2D eigenvalue weighted by atomic mass is 127. The van der Waals surface area contributed by atoms with E-state index in [4.69, 9.17) is 11.6 Å². The third-order valence-electron chi connectivity index (χ3n) is 4.88. The van der Waals surface area contributed by atoms with Gasteiger partial charge in [0.1, 0.15) is 0 Å². The number of rotatable bonds is 4. The van der Waals surface area contributed by atoms with Crippen molar-refractivity contribution in [1.29, 1.82) is 0 Å². The Balaban J connectivity index is 0.00000300. The molecular formula is C21H27ClIN5O. The number of guanidine groups is 1. The van der Waals surface area contributed by atoms with Gasteiger partial charge in [-0.1, -0.05) is 35.9 Å². The summed E-state index contributed by atoms with van der Waals surface area (Å²) in [6.45, 7) is 4.20. The Morgan fingerprint density at radius 1 is 1.07 bits per heavy atom. The van der Waals surface area contributed by atoms with Crippen molar-refractivity contribution >= 4 is 53.1 Å². The van der Waals surface area contributed by atoms with E-state index < -0.39 is 0 Å². The Hall–Kier alpha value is -2.00. The molecule has 1 amide bonds. The molecule has 0 aliphatic carbocycles. The smallest absolute Gasteiger partial charge is 0.251 e. The minimum absolute atomic E-state index is 0. The Morgan fingerprint density at radius 2 is 1.72 bits per heavy atom. The number of amides is 1. The monoisotopic (exact) mass is 527 g/mol. The summed E-state index contributed by atoms with van der Waals surface area (Å²) in [6, 6.07) is 15.5. The van der Waals surface area contributed by atoms with Crippen molar-refractivity contribution < 1.29 is 4.79 Å². The number of nitrogens with zero attached hydrogens (tertiary/aromatic N) is 3. The van der Waals surface area contributed by atoms with Crippen LogP contribution in [0.4, 0.5) is 5.69 Å². The summed E-state index contributed by atoms with van der Waals surface area (Å²) in [5, 5.41) is 6.83. The third kappa shape index (κ3) is 5.99. The molecule has 2 N–H and O–H groups in total. The second-order valence-corrected chi connectivity index (χ2v) is 7.01. The molecule has 0 unspecified atom stereocenters. The largest absolute Gasteiger partial charge is 0.367 e. The predicted molar refractivity (Wildman–Crippen MR) is 131 cm³/mol. The van der Waals surface area contributed by atoms with E-state index in [-0.39, 0.29) is 29.9 Å². The Bertz CT molecular complexity index is 835. The number of piperazine rings is 1. The number of nitrogens with one attached hydrogen (secondary N) is 2. The molecule has 0 radical (unpaired) electrons. The zero-order valence-corrected chi connectivity index (χ0v) is 19.8. The molecule has 3 rings (SSSR count). The van der Waals surface area contributed by atoms with Crippen molar-refractivity contribution in [2.75, 3.05) is 45.2 Å². The van der Waals surface area contributed by atoms with Gasteiger partial charge in [0, 0.05) is 52.4 Å². The molecule has 29 heavy (non-hydrogen) atoms. The van der Waals surface area contributed by atoms with E-state index in [0.29, 0.717) is 12.1 Å². The highest BCUT2D eigenvalue weighted by Gasteiger charge is 2.20. The molecule has 0 saturated carbocycles. The highest BCUT2D eigenvalue weighted by molar-refractivity contribution is 14.0. The summed E-state index contributed by atoms with van der Waals surface area (Å²) < 4.78 is 0. The number of hydrogen-bond acceptors (Lipinski definition) is 3. The lowest BCUT2D eigenvalue weighted by molar-refractivity contribution is 0.0963. The number of halogens is 2. The van der Waals surface area contributed by atoms with Crippen LogP contribution < -0.4 is 15.5 Å². The van der Waals surface area contributed by atoms with Gasteiger partial charge in [-0.15, -0.1) is 24.0 Å². The van der Waals surface area contributed by atoms with E-state index in [1.54, 1.807) is 14.1 Å². The maximum Gasteiger partial charge on any atom is 0.251 e. The van der Waals surface area contributed by atoms with Crippen molar-refractivity contribution in [3.05, 3.63) is 64.7 Å². The van der Waals surface area contributed by atoms with Gasteiger partial charge in [-0.2, -0.15) is 0 Å². The molecule has 0 aromatic heterocycles. The van der Waals surface area contributed by atoms with Crippen molar-refractivity contribution in [2.24, 2.45) is 4.99 Å². The molecule has 6 nitrogen and oxygen atoms in total. The molecule has 156 valence electrons. The standard InChI is InChI=1S/C21H26ClN5O.HI/c1-23-20(28)17-9-7-16(8-10-17)15-25-21(24-2)27-13-11-26(12-14-27)19-6-4-3-5-18(19)22;/h3-10H,11-15H2,1-2H3,(H,23,28)(H,24,25);1H. The van der Waals surface area contributed by atoms with Crippen molar-refractivity contribution in [3.8, 4) is 0 Å². The molecule has 2 aromatic rings. The molecule has 0 atom stereocenters. The van der Waals surface area contributed by atoms with E-state index in [1.807, 2.05) is 42.5 Å². The summed E-state index contributed by atoms with van der Waals surface area (Å²) in [5.41, 5.74) is 2.85. The third-order valence-corrected chi connectivity index (χ3v) is 5.20. The van der Waals surface area contributed by atoms with Gasteiger partial charge in [0.2, 0.25) is 0 Å². The quantitative estimate of drug-likeness (QED) is 0.364. The first kappa shape index (κ1) is 23.3. The van der Waals surface area contributed by atoms with E-state index in [9.17, 15) is 4.79 Å². The average Bonchev–Trinajstić information content (AvgIpc) is 2.75. The fourth-order valence-corrected chi connectivity index (χ4v) is 3.55. The lowest BCUT2D eigenvalue weighted by Crippen LogP contribution is -2.52. The van der Waals surface area contributed by atoms with Crippen LogP contribution in [-0.4, -0.2) is 57.0 Å². The SMILES string of the molecule is CN=C(NCc1ccc(C(=O)NC)cc1)N1CCN(c2ccccc2Cl)CC1.I. The summed E-state index contributed by atoms with van der Waals surface area (Å²) in [5.74, 6) is 0.806. The number of benzene rings is 2. The summed E-state index contributed by atoms with van der Waals surface area (Å²) in [4.78, 5) is 20.6. The molecule has 1 heterocycles. The zero-order valence-electron chi connectivity index (χ0n) is 16.7. The lowest BCUT2D eigenvalue weighted by atomic mass is 10.1. The van der Waals surface area contributed by atoms with Gasteiger partial charge in [-0.05, 0) is 29.8 Å². The first-order valence-electron chi connectivity index (χ1n) is 9.38. The summed E-state index contributed by atoms with van der Waals surface area (Å²) in [6.07, 6.45) is 0. The molecule has 0 spiro atoms. The van der Waals surface area contributed by atoms with Crippen LogP contribution in [0.1, 0.15) is 15.9 Å². The first-order chi connectivity index (χ1) is 13.6. The van der Waals surface area contributed by atoms with E-state index >= 15 is 0 Å². The van der Waals surface area contributed by atoms with Gasteiger partial charge >= 0.3 is 0 Å². The molecular weight excluding hydrogens is 501 g/mol. The van der Waals surface area contributed by atoms with Gasteiger partial charge in [0.05, 0.1) is 10.7 Å².